The molecule has 1 heterocycles. The molecule has 2 aromatic rings. The van der Waals surface area contributed by atoms with Crippen molar-refractivity contribution in [3.8, 4) is 0 Å². The van der Waals surface area contributed by atoms with E-state index in [4.69, 9.17) is 16.7 Å². The fraction of sp³-hybridized carbons (Fsp3) is 0.133. The molecule has 114 valence electrons. The van der Waals surface area contributed by atoms with E-state index < -0.39 is 17.4 Å². The van der Waals surface area contributed by atoms with Crippen LogP contribution < -0.4 is 10.9 Å². The quantitative estimate of drug-likeness (QED) is 0.903. The second-order valence-electron chi connectivity index (χ2n) is 4.70. The van der Waals surface area contributed by atoms with E-state index in [1.165, 1.54) is 6.07 Å². The fourth-order valence-corrected chi connectivity index (χ4v) is 1.99. The number of nitrogens with one attached hydrogen (secondary N) is 1. The largest absolute Gasteiger partial charge is 0.478 e. The van der Waals surface area contributed by atoms with E-state index in [1.54, 1.807) is 18.2 Å². The number of aromatic carboxylic acids is 1. The zero-order valence-electron chi connectivity index (χ0n) is 11.7. The van der Waals surface area contributed by atoms with Gasteiger partial charge in [0.1, 0.15) is 6.54 Å². The zero-order valence-corrected chi connectivity index (χ0v) is 12.4. The number of benzene rings is 1. The lowest BCUT2D eigenvalue weighted by molar-refractivity contribution is -0.116. The van der Waals surface area contributed by atoms with Crippen LogP contribution in [-0.2, 0) is 11.3 Å². The zero-order chi connectivity index (χ0) is 16.3. The van der Waals surface area contributed by atoms with E-state index in [1.807, 2.05) is 6.92 Å². The van der Waals surface area contributed by atoms with Gasteiger partial charge in [-0.15, -0.1) is 0 Å². The van der Waals surface area contributed by atoms with Crippen LogP contribution in [0.5, 0.6) is 0 Å². The second-order valence-corrected chi connectivity index (χ2v) is 5.11. The molecule has 1 aromatic heterocycles. The van der Waals surface area contributed by atoms with Gasteiger partial charge < -0.3 is 15.0 Å². The summed E-state index contributed by atoms with van der Waals surface area (Å²) in [6, 6.07) is 7.36. The number of anilines is 1. The molecule has 7 heteroatoms. The van der Waals surface area contributed by atoms with Crippen molar-refractivity contribution in [2.75, 3.05) is 5.32 Å². The summed E-state index contributed by atoms with van der Waals surface area (Å²) >= 11 is 5.97. The number of nitrogens with zero attached hydrogens (tertiary/aromatic N) is 1. The van der Waals surface area contributed by atoms with E-state index in [9.17, 15) is 14.4 Å². The van der Waals surface area contributed by atoms with Crippen LogP contribution in [0, 0.1) is 6.92 Å². The number of hydrogen-bond donors (Lipinski definition) is 2. The molecule has 2 rings (SSSR count). The molecule has 0 aliphatic heterocycles. The smallest absolute Gasteiger partial charge is 0.337 e. The average Bonchev–Trinajstić information content (AvgIpc) is 2.45. The maximum Gasteiger partial charge on any atom is 0.337 e. The maximum absolute atomic E-state index is 12.0. The van der Waals surface area contributed by atoms with Crippen LogP contribution in [0.25, 0.3) is 0 Å². The Morgan fingerprint density at radius 2 is 2.00 bits per heavy atom. The van der Waals surface area contributed by atoms with Crippen molar-refractivity contribution in [3.63, 3.8) is 0 Å². The van der Waals surface area contributed by atoms with Crippen molar-refractivity contribution in [3.05, 3.63) is 63.0 Å². The predicted octanol–water partition coefficient (Wildman–Crippen LogP) is 2.15. The first-order valence-electron chi connectivity index (χ1n) is 6.36. The Balaban J connectivity index is 2.15. The Morgan fingerprint density at radius 3 is 2.64 bits per heavy atom. The lowest BCUT2D eigenvalue weighted by atomic mass is 10.2. The van der Waals surface area contributed by atoms with Crippen molar-refractivity contribution < 1.29 is 14.7 Å². The minimum Gasteiger partial charge on any atom is -0.478 e. The van der Waals surface area contributed by atoms with Gasteiger partial charge in [0, 0.05) is 23.0 Å². The molecule has 0 spiro atoms. The molecular weight excluding hydrogens is 308 g/mol. The number of rotatable bonds is 4. The third-order valence-electron chi connectivity index (χ3n) is 3.00. The van der Waals surface area contributed by atoms with Crippen molar-refractivity contribution in [2.24, 2.45) is 0 Å². The van der Waals surface area contributed by atoms with Crippen LogP contribution in [-0.4, -0.2) is 21.6 Å². The normalized spacial score (nSPS) is 10.3. The molecule has 0 saturated carbocycles. The fourth-order valence-electron chi connectivity index (χ4n) is 1.81. The monoisotopic (exact) mass is 320 g/mol. The molecule has 0 saturated heterocycles. The topological polar surface area (TPSA) is 88.4 Å². The molecule has 2 N–H and O–H groups in total. The van der Waals surface area contributed by atoms with Gasteiger partial charge in [-0.2, -0.15) is 0 Å². The third-order valence-corrected chi connectivity index (χ3v) is 3.41. The van der Waals surface area contributed by atoms with E-state index in [-0.39, 0.29) is 12.1 Å². The standard InChI is InChI=1S/C15H13ClN2O4/c1-9-2-4-11(6-12(9)16)17-13(19)8-18-7-10(15(21)22)3-5-14(18)20/h2-7H,8H2,1H3,(H,17,19)(H,21,22). The van der Waals surface area contributed by atoms with Gasteiger partial charge >= 0.3 is 5.97 Å². The molecule has 0 atom stereocenters. The minimum atomic E-state index is -1.17. The predicted molar refractivity (Wildman–Crippen MR) is 82.5 cm³/mol. The molecule has 6 nitrogen and oxygen atoms in total. The maximum atomic E-state index is 12.0. The summed E-state index contributed by atoms with van der Waals surface area (Å²) in [5.41, 5.74) is 0.862. The first kappa shape index (κ1) is 15.8. The molecular formula is C15H13ClN2O4. The summed E-state index contributed by atoms with van der Waals surface area (Å²) < 4.78 is 1.04. The third kappa shape index (κ3) is 3.73. The van der Waals surface area contributed by atoms with Gasteiger partial charge in [-0.25, -0.2) is 4.79 Å². The summed E-state index contributed by atoms with van der Waals surface area (Å²) in [4.78, 5) is 34.5. The van der Waals surface area contributed by atoms with E-state index in [2.05, 4.69) is 5.32 Å². The van der Waals surface area contributed by atoms with Gasteiger partial charge in [0.2, 0.25) is 5.91 Å². The van der Waals surface area contributed by atoms with E-state index in [0.717, 1.165) is 22.4 Å². The van der Waals surface area contributed by atoms with Gasteiger partial charge in [0.25, 0.3) is 5.56 Å². The number of pyridine rings is 1. The molecule has 1 amide bonds. The molecule has 0 unspecified atom stereocenters. The number of amides is 1. The molecule has 0 aliphatic carbocycles. The van der Waals surface area contributed by atoms with Gasteiger partial charge in [-0.05, 0) is 30.7 Å². The van der Waals surface area contributed by atoms with Crippen LogP contribution in [0.1, 0.15) is 15.9 Å². The highest BCUT2D eigenvalue weighted by molar-refractivity contribution is 6.31. The molecule has 0 radical (unpaired) electrons. The number of aromatic nitrogens is 1. The summed E-state index contributed by atoms with van der Waals surface area (Å²) in [5, 5.41) is 12.0. The highest BCUT2D eigenvalue weighted by Crippen LogP contribution is 2.19. The highest BCUT2D eigenvalue weighted by Gasteiger charge is 2.09. The lowest BCUT2D eigenvalue weighted by Crippen LogP contribution is -2.27. The van der Waals surface area contributed by atoms with Crippen LogP contribution in [0.2, 0.25) is 5.02 Å². The Morgan fingerprint density at radius 1 is 1.27 bits per heavy atom. The molecule has 0 aliphatic rings. The number of carboxylic acid groups (broad SMARTS) is 1. The summed E-state index contributed by atoms with van der Waals surface area (Å²) in [5.74, 6) is -1.62. The van der Waals surface area contributed by atoms with Crippen molar-refractivity contribution >= 4 is 29.2 Å². The molecule has 1 aromatic carbocycles. The number of carbonyl (C=O) groups excluding carboxylic acids is 1. The Kier molecular flexibility index (Phi) is 4.62. The van der Waals surface area contributed by atoms with Gasteiger partial charge in [0.15, 0.2) is 0 Å². The number of carboxylic acids is 1. The first-order chi connectivity index (χ1) is 10.4. The molecule has 0 bridgehead atoms. The highest BCUT2D eigenvalue weighted by atomic mass is 35.5. The average molecular weight is 321 g/mol. The lowest BCUT2D eigenvalue weighted by Gasteiger charge is -2.09. The Bertz CT molecular complexity index is 798. The van der Waals surface area contributed by atoms with E-state index in [0.29, 0.717) is 10.7 Å². The van der Waals surface area contributed by atoms with Crippen LogP contribution in [0.3, 0.4) is 0 Å². The van der Waals surface area contributed by atoms with Crippen LogP contribution in [0.4, 0.5) is 5.69 Å². The van der Waals surface area contributed by atoms with Crippen molar-refractivity contribution in [1.82, 2.24) is 4.57 Å². The van der Waals surface area contributed by atoms with Crippen molar-refractivity contribution in [2.45, 2.75) is 13.5 Å². The van der Waals surface area contributed by atoms with Crippen LogP contribution >= 0.6 is 11.6 Å². The van der Waals surface area contributed by atoms with Gasteiger partial charge in [-0.3, -0.25) is 9.59 Å². The Hall–Kier alpha value is -2.60. The molecule has 22 heavy (non-hydrogen) atoms. The number of carbonyl (C=O) groups is 2. The van der Waals surface area contributed by atoms with Gasteiger partial charge in [0.05, 0.1) is 5.56 Å². The van der Waals surface area contributed by atoms with E-state index >= 15 is 0 Å². The molecule has 0 fully saturated rings. The number of halogens is 1. The summed E-state index contributed by atoms with van der Waals surface area (Å²) in [6.45, 7) is 1.55. The number of aryl methyl sites for hydroxylation is 1. The van der Waals surface area contributed by atoms with Crippen molar-refractivity contribution in [1.29, 1.82) is 0 Å². The van der Waals surface area contributed by atoms with Gasteiger partial charge in [-0.1, -0.05) is 17.7 Å². The minimum absolute atomic E-state index is 0.0641. The SMILES string of the molecule is Cc1ccc(NC(=O)Cn2cc(C(=O)O)ccc2=O)cc1Cl. The summed E-state index contributed by atoms with van der Waals surface area (Å²) in [6.07, 6.45) is 1.13. The second kappa shape index (κ2) is 6.44. The summed E-state index contributed by atoms with van der Waals surface area (Å²) in [7, 11) is 0. The number of hydrogen-bond acceptors (Lipinski definition) is 3. The Labute approximate surface area is 131 Å². The van der Waals surface area contributed by atoms with Crippen LogP contribution in [0.15, 0.2) is 41.3 Å². The first-order valence-corrected chi connectivity index (χ1v) is 6.74.